The lowest BCUT2D eigenvalue weighted by Gasteiger charge is -2.05. The molecule has 2 rings (SSSR count). The predicted molar refractivity (Wildman–Crippen MR) is 79.5 cm³/mol. The zero-order valence-corrected chi connectivity index (χ0v) is 11.7. The molecule has 2 N–H and O–H groups in total. The van der Waals surface area contributed by atoms with Crippen LogP contribution >= 0.6 is 23.4 Å². The summed E-state index contributed by atoms with van der Waals surface area (Å²) in [7, 11) is 0. The number of hydrogen-bond acceptors (Lipinski definition) is 4. The van der Waals surface area contributed by atoms with E-state index < -0.39 is 0 Å². The summed E-state index contributed by atoms with van der Waals surface area (Å²) in [6, 6.07) is 9.18. The number of halogens is 1. The fourth-order valence-corrected chi connectivity index (χ4v) is 2.67. The minimum Gasteiger partial charge on any atom is -0.398 e. The standard InChI is InChI=1S/C14H13ClN2OS/c15-12-3-1-2-4-14(12)19-9-11(18)7-10-8-17-6-5-13(10)16/h1-6,8H,7,9H2,(H2,16,17). The topological polar surface area (TPSA) is 56.0 Å². The zero-order valence-electron chi connectivity index (χ0n) is 10.2. The van der Waals surface area contributed by atoms with Crippen molar-refractivity contribution in [1.82, 2.24) is 4.98 Å². The molecule has 0 bridgehead atoms. The number of hydrogen-bond donors (Lipinski definition) is 1. The number of Topliss-reactive ketones (excluding diaryl/α,β-unsaturated/α-hetero) is 1. The van der Waals surface area contributed by atoms with Crippen LogP contribution in [0, 0.1) is 0 Å². The fraction of sp³-hybridized carbons (Fsp3) is 0.143. The maximum Gasteiger partial charge on any atom is 0.147 e. The highest BCUT2D eigenvalue weighted by atomic mass is 35.5. The van der Waals surface area contributed by atoms with Crippen LogP contribution in [-0.2, 0) is 11.2 Å². The highest BCUT2D eigenvalue weighted by Gasteiger charge is 2.08. The lowest BCUT2D eigenvalue weighted by Crippen LogP contribution is -2.08. The van der Waals surface area contributed by atoms with Gasteiger partial charge in [0.1, 0.15) is 5.78 Å². The Morgan fingerprint density at radius 3 is 2.84 bits per heavy atom. The number of nitrogen functional groups attached to an aromatic ring is 1. The Balaban J connectivity index is 1.92. The van der Waals surface area contributed by atoms with Crippen molar-refractivity contribution >= 4 is 34.8 Å². The van der Waals surface area contributed by atoms with Crippen molar-refractivity contribution in [2.75, 3.05) is 11.5 Å². The van der Waals surface area contributed by atoms with E-state index in [4.69, 9.17) is 17.3 Å². The summed E-state index contributed by atoms with van der Waals surface area (Å²) in [6.45, 7) is 0. The number of carbonyl (C=O) groups is 1. The molecule has 0 spiro atoms. The van der Waals surface area contributed by atoms with Crippen LogP contribution in [0.15, 0.2) is 47.6 Å². The van der Waals surface area contributed by atoms with Crippen molar-refractivity contribution < 1.29 is 4.79 Å². The van der Waals surface area contributed by atoms with Crippen LogP contribution in [0.5, 0.6) is 0 Å². The number of thioether (sulfide) groups is 1. The molecular weight excluding hydrogens is 280 g/mol. The summed E-state index contributed by atoms with van der Waals surface area (Å²) < 4.78 is 0. The van der Waals surface area contributed by atoms with Gasteiger partial charge in [0.2, 0.25) is 0 Å². The van der Waals surface area contributed by atoms with Crippen LogP contribution in [0.4, 0.5) is 5.69 Å². The van der Waals surface area contributed by atoms with Gasteiger partial charge in [-0.05, 0) is 18.2 Å². The third-order valence-electron chi connectivity index (χ3n) is 2.55. The summed E-state index contributed by atoms with van der Waals surface area (Å²) >= 11 is 7.47. The third kappa shape index (κ3) is 3.98. The Morgan fingerprint density at radius 2 is 2.11 bits per heavy atom. The van der Waals surface area contributed by atoms with E-state index >= 15 is 0 Å². The molecule has 1 aromatic carbocycles. The van der Waals surface area contributed by atoms with Gasteiger partial charge in [-0.15, -0.1) is 11.8 Å². The van der Waals surface area contributed by atoms with Crippen LogP contribution < -0.4 is 5.73 Å². The van der Waals surface area contributed by atoms with Gasteiger partial charge in [0.15, 0.2) is 0 Å². The van der Waals surface area contributed by atoms with Crippen molar-refractivity contribution in [1.29, 1.82) is 0 Å². The van der Waals surface area contributed by atoms with Gasteiger partial charge < -0.3 is 5.73 Å². The van der Waals surface area contributed by atoms with Gasteiger partial charge >= 0.3 is 0 Å². The second-order valence-corrected chi connectivity index (χ2v) is 5.43. The van der Waals surface area contributed by atoms with Crippen molar-refractivity contribution in [3.8, 4) is 0 Å². The smallest absolute Gasteiger partial charge is 0.147 e. The molecule has 0 amide bonds. The number of nitrogens with zero attached hydrogens (tertiary/aromatic N) is 1. The normalized spacial score (nSPS) is 10.4. The van der Waals surface area contributed by atoms with E-state index in [0.29, 0.717) is 22.9 Å². The summed E-state index contributed by atoms with van der Waals surface area (Å²) in [5.41, 5.74) is 7.15. The van der Waals surface area contributed by atoms with E-state index in [9.17, 15) is 4.79 Å². The maximum absolute atomic E-state index is 11.9. The van der Waals surface area contributed by atoms with Crippen LogP contribution in [0.2, 0.25) is 5.02 Å². The first kappa shape index (κ1) is 13.9. The fourth-order valence-electron chi connectivity index (χ4n) is 1.57. The van der Waals surface area contributed by atoms with Gasteiger partial charge in [0.25, 0.3) is 0 Å². The van der Waals surface area contributed by atoms with Gasteiger partial charge in [-0.1, -0.05) is 23.7 Å². The molecule has 5 heteroatoms. The van der Waals surface area contributed by atoms with Crippen LogP contribution in [-0.4, -0.2) is 16.5 Å². The molecule has 1 aromatic heterocycles. The van der Waals surface area contributed by atoms with Crippen molar-refractivity contribution in [3.63, 3.8) is 0 Å². The van der Waals surface area contributed by atoms with E-state index in [1.165, 1.54) is 11.8 Å². The Labute approximate surface area is 121 Å². The summed E-state index contributed by atoms with van der Waals surface area (Å²) in [6.07, 6.45) is 3.55. The summed E-state index contributed by atoms with van der Waals surface area (Å²) in [5, 5.41) is 0.668. The van der Waals surface area contributed by atoms with E-state index in [-0.39, 0.29) is 5.78 Å². The first-order chi connectivity index (χ1) is 9.16. The number of anilines is 1. The molecule has 0 atom stereocenters. The molecule has 98 valence electrons. The highest BCUT2D eigenvalue weighted by molar-refractivity contribution is 8.00. The van der Waals surface area contributed by atoms with Crippen molar-refractivity contribution in [2.24, 2.45) is 0 Å². The Kier molecular flexibility index (Phi) is 4.82. The monoisotopic (exact) mass is 292 g/mol. The molecule has 0 unspecified atom stereocenters. The summed E-state index contributed by atoms with van der Waals surface area (Å²) in [5.74, 6) is 0.475. The van der Waals surface area contributed by atoms with Crippen LogP contribution in [0.25, 0.3) is 0 Å². The Morgan fingerprint density at radius 1 is 1.32 bits per heavy atom. The number of pyridine rings is 1. The number of ketones is 1. The molecule has 0 aliphatic heterocycles. The molecule has 0 fully saturated rings. The van der Waals surface area contributed by atoms with Crippen molar-refractivity contribution in [3.05, 3.63) is 53.3 Å². The third-order valence-corrected chi connectivity index (χ3v) is 4.13. The second kappa shape index (κ2) is 6.59. The quantitative estimate of drug-likeness (QED) is 0.860. The first-order valence-corrected chi connectivity index (χ1v) is 7.10. The zero-order chi connectivity index (χ0) is 13.7. The van der Waals surface area contributed by atoms with E-state index in [2.05, 4.69) is 4.98 Å². The molecule has 0 saturated carbocycles. The van der Waals surface area contributed by atoms with Crippen molar-refractivity contribution in [2.45, 2.75) is 11.3 Å². The van der Waals surface area contributed by atoms with Gasteiger partial charge in [-0.25, -0.2) is 0 Å². The SMILES string of the molecule is Nc1ccncc1CC(=O)CSc1ccccc1Cl. The van der Waals surface area contributed by atoms with E-state index in [1.54, 1.807) is 18.5 Å². The number of nitrogens with two attached hydrogens (primary N) is 1. The maximum atomic E-state index is 11.9. The molecule has 0 aliphatic carbocycles. The Bertz CT molecular complexity index is 589. The molecule has 0 radical (unpaired) electrons. The summed E-state index contributed by atoms with van der Waals surface area (Å²) in [4.78, 5) is 16.8. The molecule has 19 heavy (non-hydrogen) atoms. The first-order valence-electron chi connectivity index (χ1n) is 5.74. The molecule has 0 aliphatic rings. The molecular formula is C14H13ClN2OS. The lowest BCUT2D eigenvalue weighted by molar-refractivity contribution is -0.116. The molecule has 1 heterocycles. The minimum atomic E-state index is 0.101. The average molecular weight is 293 g/mol. The number of carbonyl (C=O) groups excluding carboxylic acids is 1. The van der Waals surface area contributed by atoms with Crippen LogP contribution in [0.3, 0.4) is 0 Å². The predicted octanol–water partition coefficient (Wildman–Crippen LogP) is 3.22. The lowest BCUT2D eigenvalue weighted by atomic mass is 10.1. The molecule has 3 nitrogen and oxygen atoms in total. The largest absolute Gasteiger partial charge is 0.398 e. The number of aromatic nitrogens is 1. The van der Waals surface area contributed by atoms with Gasteiger partial charge in [0.05, 0.1) is 10.8 Å². The Hall–Kier alpha value is -1.52. The minimum absolute atomic E-state index is 0.101. The van der Waals surface area contributed by atoms with E-state index in [1.807, 2.05) is 24.3 Å². The molecule has 2 aromatic rings. The number of rotatable bonds is 5. The van der Waals surface area contributed by atoms with E-state index in [0.717, 1.165) is 10.5 Å². The highest BCUT2D eigenvalue weighted by Crippen LogP contribution is 2.26. The van der Waals surface area contributed by atoms with Crippen LogP contribution in [0.1, 0.15) is 5.56 Å². The number of benzene rings is 1. The average Bonchev–Trinajstić information content (AvgIpc) is 2.40. The second-order valence-electron chi connectivity index (χ2n) is 4.01. The molecule has 0 saturated heterocycles. The van der Waals surface area contributed by atoms with Gasteiger partial charge in [0, 0.05) is 35.0 Å². The van der Waals surface area contributed by atoms with Gasteiger partial charge in [-0.3, -0.25) is 9.78 Å². The van der Waals surface area contributed by atoms with Gasteiger partial charge in [-0.2, -0.15) is 0 Å².